The third kappa shape index (κ3) is 3.48. The standard InChI is InChI=1S/C24H24N2O5/c1-28-15-13-20(30-3)22(21(14-15)31-4)23-25-17-10-6-5-9-16(17)24(27)26(23)18-11-7-8-12-19(18)29-2/h5-14,23,25H,1-4H3/t23-/m0/s1. The van der Waals surface area contributed by atoms with Crippen LogP contribution in [0.1, 0.15) is 22.1 Å². The molecule has 1 N–H and O–H groups in total. The quantitative estimate of drug-likeness (QED) is 0.634. The molecule has 1 aliphatic rings. The summed E-state index contributed by atoms with van der Waals surface area (Å²) in [5.74, 6) is 2.06. The van der Waals surface area contributed by atoms with E-state index in [4.69, 9.17) is 18.9 Å². The molecular formula is C24H24N2O5. The lowest BCUT2D eigenvalue weighted by Gasteiger charge is -2.39. The largest absolute Gasteiger partial charge is 0.496 e. The fourth-order valence-corrected chi connectivity index (χ4v) is 3.84. The van der Waals surface area contributed by atoms with Gasteiger partial charge in [-0.25, -0.2) is 0 Å². The normalized spacial score (nSPS) is 15.0. The number of rotatable bonds is 6. The first kappa shape index (κ1) is 20.4. The van der Waals surface area contributed by atoms with Crippen LogP contribution in [0.4, 0.5) is 11.4 Å². The zero-order chi connectivity index (χ0) is 22.0. The number of carbonyl (C=O) groups excluding carboxylic acids is 1. The third-order valence-electron chi connectivity index (χ3n) is 5.30. The Balaban J connectivity index is 1.98. The van der Waals surface area contributed by atoms with Crippen LogP contribution in [0, 0.1) is 0 Å². The van der Waals surface area contributed by atoms with Crippen molar-refractivity contribution >= 4 is 17.3 Å². The van der Waals surface area contributed by atoms with Crippen LogP contribution in [0.2, 0.25) is 0 Å². The topological polar surface area (TPSA) is 69.3 Å². The van der Waals surface area contributed by atoms with E-state index in [1.165, 1.54) is 0 Å². The lowest BCUT2D eigenvalue weighted by Crippen LogP contribution is -2.43. The summed E-state index contributed by atoms with van der Waals surface area (Å²) in [6.45, 7) is 0. The van der Waals surface area contributed by atoms with Crippen molar-refractivity contribution < 1.29 is 23.7 Å². The number of para-hydroxylation sites is 3. The minimum atomic E-state index is -0.616. The lowest BCUT2D eigenvalue weighted by atomic mass is 10.0. The van der Waals surface area contributed by atoms with Crippen molar-refractivity contribution in [2.45, 2.75) is 6.17 Å². The highest BCUT2D eigenvalue weighted by Gasteiger charge is 2.38. The molecule has 31 heavy (non-hydrogen) atoms. The summed E-state index contributed by atoms with van der Waals surface area (Å²) in [5, 5.41) is 3.48. The van der Waals surface area contributed by atoms with Gasteiger partial charge in [-0.05, 0) is 24.3 Å². The minimum Gasteiger partial charge on any atom is -0.496 e. The van der Waals surface area contributed by atoms with Gasteiger partial charge in [0.15, 0.2) is 0 Å². The average molecular weight is 420 g/mol. The second-order valence-electron chi connectivity index (χ2n) is 6.89. The highest BCUT2D eigenvalue weighted by molar-refractivity contribution is 6.12. The molecule has 3 aromatic carbocycles. The van der Waals surface area contributed by atoms with Crippen molar-refractivity contribution in [2.24, 2.45) is 0 Å². The Morgan fingerprint density at radius 1 is 0.774 bits per heavy atom. The summed E-state index contributed by atoms with van der Waals surface area (Å²) in [6.07, 6.45) is -0.616. The predicted octanol–water partition coefficient (Wildman–Crippen LogP) is 4.49. The molecule has 3 aromatic rings. The molecule has 1 heterocycles. The number of hydrogen-bond donors (Lipinski definition) is 1. The number of benzene rings is 3. The van der Waals surface area contributed by atoms with Crippen molar-refractivity contribution in [3.8, 4) is 23.0 Å². The summed E-state index contributed by atoms with van der Waals surface area (Å²) in [6, 6.07) is 18.3. The Morgan fingerprint density at radius 2 is 1.39 bits per heavy atom. The van der Waals surface area contributed by atoms with Crippen LogP contribution in [0.3, 0.4) is 0 Å². The van der Waals surface area contributed by atoms with E-state index < -0.39 is 6.17 Å². The van der Waals surface area contributed by atoms with Crippen LogP contribution in [0.15, 0.2) is 60.7 Å². The van der Waals surface area contributed by atoms with Gasteiger partial charge in [-0.1, -0.05) is 24.3 Å². The van der Waals surface area contributed by atoms with Crippen LogP contribution >= 0.6 is 0 Å². The van der Waals surface area contributed by atoms with Crippen LogP contribution < -0.4 is 29.2 Å². The first-order chi connectivity index (χ1) is 15.1. The Kier molecular flexibility index (Phi) is 5.58. The van der Waals surface area contributed by atoms with E-state index in [2.05, 4.69) is 5.32 Å². The lowest BCUT2D eigenvalue weighted by molar-refractivity contribution is 0.0973. The van der Waals surface area contributed by atoms with Crippen LogP contribution in [-0.4, -0.2) is 34.3 Å². The van der Waals surface area contributed by atoms with Crippen molar-refractivity contribution in [2.75, 3.05) is 38.7 Å². The molecule has 7 nitrogen and oxygen atoms in total. The van der Waals surface area contributed by atoms with Gasteiger partial charge < -0.3 is 24.3 Å². The van der Waals surface area contributed by atoms with Gasteiger partial charge in [-0.2, -0.15) is 0 Å². The van der Waals surface area contributed by atoms with Gasteiger partial charge in [-0.3, -0.25) is 9.69 Å². The molecule has 0 saturated carbocycles. The molecule has 0 aliphatic carbocycles. The van der Waals surface area contributed by atoms with Gasteiger partial charge in [0.2, 0.25) is 0 Å². The maximum atomic E-state index is 13.7. The molecule has 0 saturated heterocycles. The SMILES string of the molecule is COc1cc(OC)c([C@H]2Nc3ccccc3C(=O)N2c2ccccc2OC)c(OC)c1. The molecule has 0 spiro atoms. The van der Waals surface area contributed by atoms with Crippen molar-refractivity contribution in [3.05, 3.63) is 71.8 Å². The Labute approximate surface area is 181 Å². The van der Waals surface area contributed by atoms with E-state index in [9.17, 15) is 4.79 Å². The molecule has 160 valence electrons. The van der Waals surface area contributed by atoms with E-state index >= 15 is 0 Å². The van der Waals surface area contributed by atoms with E-state index in [1.807, 2.05) is 42.5 Å². The van der Waals surface area contributed by atoms with Crippen molar-refractivity contribution in [1.29, 1.82) is 0 Å². The zero-order valence-corrected chi connectivity index (χ0v) is 17.8. The van der Waals surface area contributed by atoms with Gasteiger partial charge in [0.25, 0.3) is 5.91 Å². The van der Waals surface area contributed by atoms with Crippen LogP contribution in [0.5, 0.6) is 23.0 Å². The predicted molar refractivity (Wildman–Crippen MR) is 119 cm³/mol. The number of nitrogens with zero attached hydrogens (tertiary/aromatic N) is 1. The van der Waals surface area contributed by atoms with E-state index in [0.29, 0.717) is 39.8 Å². The first-order valence-electron chi connectivity index (χ1n) is 9.75. The van der Waals surface area contributed by atoms with Gasteiger partial charge in [0, 0.05) is 17.8 Å². The molecule has 0 radical (unpaired) electrons. The zero-order valence-electron chi connectivity index (χ0n) is 17.8. The summed E-state index contributed by atoms with van der Waals surface area (Å²) in [4.78, 5) is 15.4. The van der Waals surface area contributed by atoms with E-state index in [1.54, 1.807) is 51.5 Å². The molecule has 0 fully saturated rings. The molecule has 1 amide bonds. The molecule has 4 rings (SSSR count). The molecular weight excluding hydrogens is 396 g/mol. The summed E-state index contributed by atoms with van der Waals surface area (Å²) >= 11 is 0. The Morgan fingerprint density at radius 3 is 2.03 bits per heavy atom. The molecule has 0 aromatic heterocycles. The number of methoxy groups -OCH3 is 4. The minimum absolute atomic E-state index is 0.163. The fraction of sp³-hybridized carbons (Fsp3) is 0.208. The molecule has 1 aliphatic heterocycles. The maximum absolute atomic E-state index is 13.7. The van der Waals surface area contributed by atoms with Crippen molar-refractivity contribution in [3.63, 3.8) is 0 Å². The van der Waals surface area contributed by atoms with Gasteiger partial charge in [-0.15, -0.1) is 0 Å². The van der Waals surface area contributed by atoms with Gasteiger partial charge in [0.05, 0.1) is 45.3 Å². The van der Waals surface area contributed by atoms with Gasteiger partial charge >= 0.3 is 0 Å². The average Bonchev–Trinajstić information content (AvgIpc) is 2.83. The second-order valence-corrected chi connectivity index (χ2v) is 6.89. The molecule has 1 atom stereocenters. The second kappa shape index (κ2) is 8.47. The number of carbonyl (C=O) groups is 1. The third-order valence-corrected chi connectivity index (χ3v) is 5.30. The van der Waals surface area contributed by atoms with Crippen molar-refractivity contribution in [1.82, 2.24) is 0 Å². The highest BCUT2D eigenvalue weighted by atomic mass is 16.5. The maximum Gasteiger partial charge on any atom is 0.262 e. The Bertz CT molecular complexity index is 1090. The number of ether oxygens (including phenoxy) is 4. The fourth-order valence-electron chi connectivity index (χ4n) is 3.84. The first-order valence-corrected chi connectivity index (χ1v) is 9.75. The monoisotopic (exact) mass is 420 g/mol. The summed E-state index contributed by atoms with van der Waals surface area (Å²) < 4.78 is 22.3. The number of hydrogen-bond acceptors (Lipinski definition) is 6. The van der Waals surface area contributed by atoms with Gasteiger partial charge in [0.1, 0.15) is 29.2 Å². The van der Waals surface area contributed by atoms with E-state index in [0.717, 1.165) is 5.69 Å². The van der Waals surface area contributed by atoms with Crippen LogP contribution in [0.25, 0.3) is 0 Å². The number of nitrogens with one attached hydrogen (secondary N) is 1. The number of fused-ring (bicyclic) bond motifs is 1. The molecule has 0 bridgehead atoms. The smallest absolute Gasteiger partial charge is 0.262 e. The Hall–Kier alpha value is -3.87. The van der Waals surface area contributed by atoms with Crippen LogP contribution in [-0.2, 0) is 0 Å². The number of anilines is 2. The van der Waals surface area contributed by atoms with E-state index in [-0.39, 0.29) is 5.91 Å². The molecule has 0 unspecified atom stereocenters. The summed E-state index contributed by atoms with van der Waals surface area (Å²) in [7, 11) is 6.30. The number of amides is 1. The highest BCUT2D eigenvalue weighted by Crippen LogP contribution is 2.46. The summed E-state index contributed by atoms with van der Waals surface area (Å²) in [5.41, 5.74) is 2.58. The molecule has 7 heteroatoms.